The van der Waals surface area contributed by atoms with E-state index in [4.69, 9.17) is 4.74 Å². The Bertz CT molecular complexity index is 1320. The number of hydrogen-bond donors (Lipinski definition) is 0. The second-order valence-electron chi connectivity index (χ2n) is 6.48. The second kappa shape index (κ2) is 8.54. The Balaban J connectivity index is 2.29. The van der Waals surface area contributed by atoms with E-state index in [2.05, 4.69) is 9.17 Å². The van der Waals surface area contributed by atoms with Crippen LogP contribution in [0.15, 0.2) is 48.7 Å². The lowest BCUT2D eigenvalue weighted by molar-refractivity contribution is -0.136. The van der Waals surface area contributed by atoms with Crippen LogP contribution in [0.25, 0.3) is 22.0 Å². The molecule has 13 heteroatoms. The lowest BCUT2D eigenvalue weighted by Crippen LogP contribution is -2.28. The number of pyridine rings is 1. The maximum atomic E-state index is 13.5. The molecule has 0 saturated carbocycles. The summed E-state index contributed by atoms with van der Waals surface area (Å²) in [6.07, 6.45) is -3.94. The van der Waals surface area contributed by atoms with Gasteiger partial charge in [-0.1, -0.05) is 24.3 Å². The number of fused-ring (bicyclic) bond motifs is 1. The number of esters is 1. The van der Waals surface area contributed by atoms with Gasteiger partial charge in [0.1, 0.15) is 5.75 Å². The van der Waals surface area contributed by atoms with E-state index in [9.17, 15) is 39.6 Å². The van der Waals surface area contributed by atoms with Crippen molar-refractivity contribution in [1.82, 2.24) is 4.98 Å². The molecule has 0 aliphatic heterocycles. The van der Waals surface area contributed by atoms with Gasteiger partial charge >= 0.3 is 27.8 Å². The zero-order valence-electron chi connectivity index (χ0n) is 16.5. The number of alkyl halides is 6. The highest BCUT2D eigenvalue weighted by Crippen LogP contribution is 2.39. The van der Waals surface area contributed by atoms with Crippen LogP contribution in [-0.4, -0.2) is 31.5 Å². The van der Waals surface area contributed by atoms with Gasteiger partial charge < -0.3 is 8.92 Å². The van der Waals surface area contributed by atoms with Gasteiger partial charge in [-0.2, -0.15) is 34.8 Å². The molecule has 1 heterocycles. The highest BCUT2D eigenvalue weighted by Gasteiger charge is 2.48. The molecule has 176 valence electrons. The van der Waals surface area contributed by atoms with Crippen LogP contribution in [0, 0.1) is 0 Å². The van der Waals surface area contributed by atoms with Crippen LogP contribution in [-0.2, 0) is 21.0 Å². The standard InChI is InChI=1S/C20H13F6NO5S/c1-2-31-18(28)14-10-27-17-13(7-4-8-15(17)19(21,22)23)16(14)11-5-3-6-12(9-11)32-33(29,30)20(24,25)26/h3-10H,2H2,1H3. The van der Waals surface area contributed by atoms with Crippen molar-refractivity contribution in [2.45, 2.75) is 18.6 Å². The number of carbonyl (C=O) groups is 1. The van der Waals surface area contributed by atoms with Crippen molar-refractivity contribution in [3.8, 4) is 16.9 Å². The molecular weight excluding hydrogens is 480 g/mol. The van der Waals surface area contributed by atoms with Gasteiger partial charge in [-0.3, -0.25) is 4.98 Å². The van der Waals surface area contributed by atoms with Gasteiger partial charge in [0.25, 0.3) is 0 Å². The lowest BCUT2D eigenvalue weighted by Gasteiger charge is -2.16. The van der Waals surface area contributed by atoms with Gasteiger partial charge in [-0.15, -0.1) is 0 Å². The third-order valence-electron chi connectivity index (χ3n) is 4.31. The molecule has 0 atom stereocenters. The topological polar surface area (TPSA) is 82.6 Å². The Kier molecular flexibility index (Phi) is 6.29. The molecule has 0 aliphatic rings. The molecule has 0 aliphatic carbocycles. The molecule has 0 amide bonds. The quantitative estimate of drug-likeness (QED) is 0.207. The maximum absolute atomic E-state index is 13.5. The number of hydrogen-bond acceptors (Lipinski definition) is 6. The first-order chi connectivity index (χ1) is 15.3. The van der Waals surface area contributed by atoms with Gasteiger partial charge in [-0.25, -0.2) is 4.79 Å². The predicted molar refractivity (Wildman–Crippen MR) is 104 cm³/mol. The summed E-state index contributed by atoms with van der Waals surface area (Å²) < 4.78 is 110. The molecule has 0 fully saturated rings. The Morgan fingerprint density at radius 2 is 1.70 bits per heavy atom. The molecular formula is C20H13F6NO5S. The van der Waals surface area contributed by atoms with Crippen LogP contribution >= 0.6 is 0 Å². The summed E-state index contributed by atoms with van der Waals surface area (Å²) in [7, 11) is -6.01. The number of nitrogens with zero attached hydrogens (tertiary/aromatic N) is 1. The first kappa shape index (κ1) is 24.3. The third kappa shape index (κ3) is 4.87. The maximum Gasteiger partial charge on any atom is 0.534 e. The number of para-hydroxylation sites is 1. The van der Waals surface area contributed by atoms with Gasteiger partial charge in [0.2, 0.25) is 0 Å². The number of ether oxygens (including phenoxy) is 1. The van der Waals surface area contributed by atoms with Gasteiger partial charge in [-0.05, 0) is 30.7 Å². The first-order valence-corrected chi connectivity index (χ1v) is 10.4. The summed E-state index contributed by atoms with van der Waals surface area (Å²) in [4.78, 5) is 16.2. The van der Waals surface area contributed by atoms with Crippen LogP contribution in [0.3, 0.4) is 0 Å². The summed E-state index contributed by atoms with van der Waals surface area (Å²) in [5.74, 6) is -1.72. The Hall–Kier alpha value is -3.35. The molecule has 2 aromatic carbocycles. The van der Waals surface area contributed by atoms with E-state index in [-0.39, 0.29) is 28.7 Å². The minimum Gasteiger partial charge on any atom is -0.462 e. The van der Waals surface area contributed by atoms with Crippen molar-refractivity contribution in [2.75, 3.05) is 6.61 Å². The number of rotatable bonds is 5. The number of halogens is 6. The zero-order valence-corrected chi connectivity index (χ0v) is 17.3. The van der Waals surface area contributed by atoms with Crippen LogP contribution in [0.4, 0.5) is 26.3 Å². The summed E-state index contributed by atoms with van der Waals surface area (Å²) in [5.41, 5.74) is -7.87. The van der Waals surface area contributed by atoms with E-state index in [1.54, 1.807) is 0 Å². The van der Waals surface area contributed by atoms with Gasteiger partial charge in [0.05, 0.1) is 23.3 Å². The van der Waals surface area contributed by atoms with E-state index < -0.39 is 44.6 Å². The molecule has 0 radical (unpaired) electrons. The van der Waals surface area contributed by atoms with Gasteiger partial charge in [0, 0.05) is 17.1 Å². The molecule has 0 bridgehead atoms. The van der Waals surface area contributed by atoms with Crippen LogP contribution in [0.2, 0.25) is 0 Å². The fourth-order valence-electron chi connectivity index (χ4n) is 3.00. The summed E-state index contributed by atoms with van der Waals surface area (Å²) in [5, 5.41) is -0.161. The fraction of sp³-hybridized carbons (Fsp3) is 0.200. The first-order valence-electron chi connectivity index (χ1n) is 9.03. The lowest BCUT2D eigenvalue weighted by atomic mass is 9.94. The van der Waals surface area contributed by atoms with E-state index in [0.29, 0.717) is 0 Å². The monoisotopic (exact) mass is 493 g/mol. The van der Waals surface area contributed by atoms with Crippen molar-refractivity contribution in [1.29, 1.82) is 0 Å². The molecule has 0 saturated heterocycles. The average Bonchev–Trinajstić information content (AvgIpc) is 2.71. The Labute approximate surface area is 182 Å². The highest BCUT2D eigenvalue weighted by atomic mass is 32.2. The number of benzene rings is 2. The summed E-state index contributed by atoms with van der Waals surface area (Å²) in [6.45, 7) is 1.41. The van der Waals surface area contributed by atoms with E-state index in [0.717, 1.165) is 36.5 Å². The van der Waals surface area contributed by atoms with Crippen molar-refractivity contribution >= 4 is 27.0 Å². The van der Waals surface area contributed by atoms with Crippen molar-refractivity contribution in [2.24, 2.45) is 0 Å². The smallest absolute Gasteiger partial charge is 0.462 e. The minimum atomic E-state index is -6.01. The summed E-state index contributed by atoms with van der Waals surface area (Å²) >= 11 is 0. The zero-order chi connectivity index (χ0) is 24.6. The molecule has 0 unspecified atom stereocenters. The predicted octanol–water partition coefficient (Wildman–Crippen LogP) is 5.33. The van der Waals surface area contributed by atoms with Crippen LogP contribution < -0.4 is 4.18 Å². The average molecular weight is 493 g/mol. The largest absolute Gasteiger partial charge is 0.534 e. The number of carbonyl (C=O) groups excluding carboxylic acids is 1. The van der Waals surface area contributed by atoms with Crippen molar-refractivity contribution < 1.29 is 48.5 Å². The van der Waals surface area contributed by atoms with Crippen molar-refractivity contribution in [3.05, 3.63) is 59.8 Å². The highest BCUT2D eigenvalue weighted by molar-refractivity contribution is 7.88. The van der Waals surface area contributed by atoms with E-state index in [1.807, 2.05) is 0 Å². The molecule has 0 spiro atoms. The fourth-order valence-corrected chi connectivity index (χ4v) is 3.46. The Morgan fingerprint density at radius 1 is 1.03 bits per heavy atom. The second-order valence-corrected chi connectivity index (χ2v) is 8.02. The molecule has 3 rings (SSSR count). The SMILES string of the molecule is CCOC(=O)c1cnc2c(C(F)(F)F)cccc2c1-c1cccc(OS(=O)(=O)C(F)(F)F)c1. The summed E-state index contributed by atoms with van der Waals surface area (Å²) in [6, 6.07) is 7.20. The molecule has 0 N–H and O–H groups in total. The van der Waals surface area contributed by atoms with Crippen LogP contribution in [0.1, 0.15) is 22.8 Å². The van der Waals surface area contributed by atoms with Crippen molar-refractivity contribution in [3.63, 3.8) is 0 Å². The van der Waals surface area contributed by atoms with Gasteiger partial charge in [0.15, 0.2) is 0 Å². The third-order valence-corrected chi connectivity index (χ3v) is 5.29. The van der Waals surface area contributed by atoms with Crippen LogP contribution in [0.5, 0.6) is 5.75 Å². The normalized spacial score (nSPS) is 12.6. The van der Waals surface area contributed by atoms with E-state index in [1.165, 1.54) is 19.1 Å². The molecule has 1 aromatic heterocycles. The molecule has 33 heavy (non-hydrogen) atoms. The van der Waals surface area contributed by atoms with E-state index >= 15 is 0 Å². The molecule has 3 aromatic rings. The number of aromatic nitrogens is 1. The Morgan fingerprint density at radius 3 is 2.30 bits per heavy atom. The molecule has 6 nitrogen and oxygen atoms in total. The minimum absolute atomic E-state index is 0.0775.